The van der Waals surface area contributed by atoms with Crippen molar-refractivity contribution in [3.63, 3.8) is 0 Å². The molecule has 12 nitrogen and oxygen atoms in total. The smallest absolute Gasteiger partial charge is 0.344 e. The fraction of sp³-hybridized carbons (Fsp3) is 0.739. The standard InChI is InChI=1S/C23H33N5O7/c1-3-15-6-10-22(11-7-15)18(31)27(20(33)24-22)12-17(30)35-13-16(29)26-28-19(32)23(25-21(28)34)8-4-14(2)5-9-23/h14-15H,3-13H2,1-2H3,(H,24,33)(H,25,34)(H,26,29). The molecule has 0 aromatic heterocycles. The predicted molar refractivity (Wildman–Crippen MR) is 120 cm³/mol. The van der Waals surface area contributed by atoms with Gasteiger partial charge in [0.25, 0.3) is 17.7 Å². The highest BCUT2D eigenvalue weighted by molar-refractivity contribution is 6.09. The van der Waals surface area contributed by atoms with Gasteiger partial charge in [0.2, 0.25) is 0 Å². The largest absolute Gasteiger partial charge is 0.454 e. The summed E-state index contributed by atoms with van der Waals surface area (Å²) in [5.41, 5.74) is 0.194. The molecule has 0 aromatic rings. The van der Waals surface area contributed by atoms with Crippen molar-refractivity contribution in [1.82, 2.24) is 26.0 Å². The highest BCUT2D eigenvalue weighted by Gasteiger charge is 2.54. The van der Waals surface area contributed by atoms with E-state index in [0.29, 0.717) is 42.5 Å². The fourth-order valence-corrected chi connectivity index (χ4v) is 5.53. The molecular weight excluding hydrogens is 458 g/mol. The molecular formula is C23H33N5O7. The van der Waals surface area contributed by atoms with E-state index in [0.717, 1.165) is 37.0 Å². The maximum atomic E-state index is 12.9. The van der Waals surface area contributed by atoms with Crippen LogP contribution in [0.15, 0.2) is 0 Å². The summed E-state index contributed by atoms with van der Waals surface area (Å²) < 4.78 is 4.91. The van der Waals surface area contributed by atoms with Crippen molar-refractivity contribution in [2.45, 2.75) is 82.7 Å². The number of nitrogens with one attached hydrogen (secondary N) is 3. The van der Waals surface area contributed by atoms with E-state index in [1.165, 1.54) is 0 Å². The molecule has 2 aliphatic carbocycles. The van der Waals surface area contributed by atoms with Crippen LogP contribution in [-0.4, -0.2) is 69.9 Å². The van der Waals surface area contributed by atoms with Crippen LogP contribution in [-0.2, 0) is 23.9 Å². The van der Waals surface area contributed by atoms with Crippen LogP contribution >= 0.6 is 0 Å². The predicted octanol–water partition coefficient (Wildman–Crippen LogP) is 0.952. The van der Waals surface area contributed by atoms with Gasteiger partial charge in [-0.3, -0.25) is 29.5 Å². The normalized spacial score (nSPS) is 32.7. The SMILES string of the molecule is CCC1CCC2(CC1)NC(=O)N(CC(=O)OCC(=O)NN1C(=O)NC3(CCC(C)CC3)C1=O)C2=O. The molecule has 2 aliphatic heterocycles. The van der Waals surface area contributed by atoms with E-state index in [2.05, 4.69) is 29.9 Å². The van der Waals surface area contributed by atoms with E-state index in [9.17, 15) is 28.8 Å². The number of nitrogens with zero attached hydrogens (tertiary/aromatic N) is 2. The first-order valence-corrected chi connectivity index (χ1v) is 12.3. The molecule has 0 bridgehead atoms. The number of hydrogen-bond acceptors (Lipinski definition) is 7. The quantitative estimate of drug-likeness (QED) is 0.369. The molecule has 192 valence electrons. The lowest BCUT2D eigenvalue weighted by molar-refractivity contribution is -0.153. The van der Waals surface area contributed by atoms with Gasteiger partial charge in [0, 0.05) is 0 Å². The Morgan fingerprint density at radius 2 is 1.51 bits per heavy atom. The summed E-state index contributed by atoms with van der Waals surface area (Å²) in [6.45, 7) is 2.78. The molecule has 7 amide bonds. The van der Waals surface area contributed by atoms with Gasteiger partial charge >= 0.3 is 18.0 Å². The van der Waals surface area contributed by atoms with Crippen molar-refractivity contribution in [1.29, 1.82) is 0 Å². The first kappa shape index (κ1) is 24.9. The van der Waals surface area contributed by atoms with Gasteiger partial charge < -0.3 is 15.4 Å². The molecule has 4 fully saturated rings. The molecule has 0 unspecified atom stereocenters. The van der Waals surface area contributed by atoms with E-state index in [4.69, 9.17) is 4.74 Å². The van der Waals surface area contributed by atoms with Gasteiger partial charge in [0.1, 0.15) is 17.6 Å². The highest BCUT2D eigenvalue weighted by atomic mass is 16.5. The molecule has 35 heavy (non-hydrogen) atoms. The number of imide groups is 2. The lowest BCUT2D eigenvalue weighted by Gasteiger charge is -2.34. The van der Waals surface area contributed by atoms with Crippen LogP contribution < -0.4 is 16.1 Å². The maximum absolute atomic E-state index is 12.9. The number of carbonyl (C=O) groups is 6. The summed E-state index contributed by atoms with van der Waals surface area (Å²) in [4.78, 5) is 75.7. The van der Waals surface area contributed by atoms with Crippen LogP contribution in [0.5, 0.6) is 0 Å². The Bertz CT molecular complexity index is 935. The Morgan fingerprint density at radius 1 is 0.943 bits per heavy atom. The number of carbonyl (C=O) groups excluding carboxylic acids is 6. The average molecular weight is 492 g/mol. The van der Waals surface area contributed by atoms with Crippen LogP contribution in [0.3, 0.4) is 0 Å². The summed E-state index contributed by atoms with van der Waals surface area (Å²) in [7, 11) is 0. The van der Waals surface area contributed by atoms with Gasteiger partial charge in [-0.05, 0) is 63.2 Å². The topological polar surface area (TPSA) is 154 Å². The molecule has 2 spiro atoms. The number of hydrogen-bond donors (Lipinski definition) is 3. The van der Waals surface area contributed by atoms with Crippen LogP contribution in [0.2, 0.25) is 0 Å². The fourth-order valence-electron chi connectivity index (χ4n) is 5.53. The van der Waals surface area contributed by atoms with Crippen molar-refractivity contribution in [2.75, 3.05) is 13.2 Å². The monoisotopic (exact) mass is 491 g/mol. The van der Waals surface area contributed by atoms with Gasteiger partial charge in [-0.15, -0.1) is 0 Å². The van der Waals surface area contributed by atoms with Crippen LogP contribution in [0, 0.1) is 11.8 Å². The zero-order valence-electron chi connectivity index (χ0n) is 20.2. The summed E-state index contributed by atoms with van der Waals surface area (Å²) in [5.74, 6) is -1.84. The van der Waals surface area contributed by atoms with E-state index in [-0.39, 0.29) is 0 Å². The van der Waals surface area contributed by atoms with Crippen LogP contribution in [0.25, 0.3) is 0 Å². The van der Waals surface area contributed by atoms with Crippen molar-refractivity contribution in [3.05, 3.63) is 0 Å². The average Bonchev–Trinajstić information content (AvgIpc) is 3.20. The molecule has 12 heteroatoms. The summed E-state index contributed by atoms with van der Waals surface area (Å²) in [5, 5.41) is 6.04. The number of esters is 1. The second-order valence-electron chi connectivity index (χ2n) is 10.3. The second-order valence-corrected chi connectivity index (χ2v) is 10.3. The number of amides is 7. The van der Waals surface area contributed by atoms with E-state index < -0.39 is 60.0 Å². The second kappa shape index (κ2) is 9.46. The zero-order chi connectivity index (χ0) is 25.4. The van der Waals surface area contributed by atoms with E-state index in [1.54, 1.807) is 0 Å². The molecule has 0 radical (unpaired) electrons. The number of urea groups is 2. The first-order valence-electron chi connectivity index (χ1n) is 12.3. The van der Waals surface area contributed by atoms with Gasteiger partial charge in [0.15, 0.2) is 6.61 Å². The molecule has 2 saturated heterocycles. The van der Waals surface area contributed by atoms with E-state index in [1.807, 2.05) is 0 Å². The number of hydrazine groups is 1. The minimum atomic E-state index is -1.01. The van der Waals surface area contributed by atoms with Crippen LogP contribution in [0.1, 0.15) is 71.6 Å². The Hall–Kier alpha value is -3.18. The third kappa shape index (κ3) is 4.70. The third-order valence-corrected chi connectivity index (χ3v) is 7.96. The number of ether oxygens (including phenoxy) is 1. The molecule has 2 saturated carbocycles. The van der Waals surface area contributed by atoms with Crippen molar-refractivity contribution in [2.24, 2.45) is 11.8 Å². The highest BCUT2D eigenvalue weighted by Crippen LogP contribution is 2.38. The molecule has 4 rings (SSSR count). The van der Waals surface area contributed by atoms with Crippen molar-refractivity contribution < 1.29 is 33.5 Å². The Balaban J connectivity index is 1.26. The molecule has 3 N–H and O–H groups in total. The Morgan fingerprint density at radius 3 is 2.14 bits per heavy atom. The minimum absolute atomic E-state index is 0.454. The first-order chi connectivity index (χ1) is 16.6. The van der Waals surface area contributed by atoms with Gasteiger partial charge in [0.05, 0.1) is 0 Å². The third-order valence-electron chi connectivity index (χ3n) is 7.96. The Kier molecular flexibility index (Phi) is 6.74. The summed E-state index contributed by atoms with van der Waals surface area (Å²) in [6.07, 6.45) is 6.27. The van der Waals surface area contributed by atoms with Crippen LogP contribution in [0.4, 0.5) is 9.59 Å². The molecule has 0 atom stereocenters. The van der Waals surface area contributed by atoms with Gasteiger partial charge in [-0.1, -0.05) is 20.3 Å². The molecule has 0 aromatic carbocycles. The van der Waals surface area contributed by atoms with Crippen molar-refractivity contribution >= 4 is 35.8 Å². The van der Waals surface area contributed by atoms with Gasteiger partial charge in [-0.2, -0.15) is 5.01 Å². The summed E-state index contributed by atoms with van der Waals surface area (Å²) in [6, 6.07) is -1.38. The number of rotatable bonds is 6. The summed E-state index contributed by atoms with van der Waals surface area (Å²) >= 11 is 0. The maximum Gasteiger partial charge on any atom is 0.344 e. The van der Waals surface area contributed by atoms with Gasteiger partial charge in [-0.25, -0.2) is 9.59 Å². The van der Waals surface area contributed by atoms with Crippen molar-refractivity contribution in [3.8, 4) is 0 Å². The minimum Gasteiger partial charge on any atom is -0.454 e. The Labute approximate surface area is 203 Å². The lowest BCUT2D eigenvalue weighted by atomic mass is 9.75. The zero-order valence-corrected chi connectivity index (χ0v) is 20.2. The van der Waals surface area contributed by atoms with E-state index >= 15 is 0 Å². The lowest BCUT2D eigenvalue weighted by Crippen LogP contribution is -2.52. The molecule has 4 aliphatic rings. The molecule has 2 heterocycles.